The summed E-state index contributed by atoms with van der Waals surface area (Å²) in [7, 11) is 0. The molecule has 2 aromatic carbocycles. The highest BCUT2D eigenvalue weighted by atomic mass is 35.5. The molecular weight excluding hydrogens is 317 g/mol. The van der Waals surface area contributed by atoms with Crippen molar-refractivity contribution >= 4 is 34.2 Å². The highest BCUT2D eigenvalue weighted by molar-refractivity contribution is 6.31. The zero-order valence-corrected chi connectivity index (χ0v) is 12.5. The van der Waals surface area contributed by atoms with Gasteiger partial charge < -0.3 is 0 Å². The van der Waals surface area contributed by atoms with E-state index in [1.165, 1.54) is 6.07 Å². The summed E-state index contributed by atoms with van der Waals surface area (Å²) in [4.78, 5) is 4.15. The van der Waals surface area contributed by atoms with Gasteiger partial charge in [-0.05, 0) is 24.6 Å². The largest absolute Gasteiger partial charge is 0.295 e. The average Bonchev–Trinajstić information content (AvgIpc) is 2.80. The molecule has 108 valence electrons. The maximum absolute atomic E-state index is 13.9. The van der Waals surface area contributed by atoms with Crippen molar-refractivity contribution < 1.29 is 8.78 Å². The maximum atomic E-state index is 13.9. The molecule has 0 aliphatic carbocycles. The molecule has 1 aromatic heterocycles. The van der Waals surface area contributed by atoms with Crippen LogP contribution in [0.4, 0.5) is 8.78 Å². The van der Waals surface area contributed by atoms with Crippen molar-refractivity contribution in [2.24, 2.45) is 0 Å². The summed E-state index contributed by atoms with van der Waals surface area (Å²) in [5, 5.41) is 0.562. The predicted octanol–water partition coefficient (Wildman–Crippen LogP) is 5.00. The minimum Gasteiger partial charge on any atom is -0.295 e. The molecular formula is C15H10Cl2F2N2. The van der Waals surface area contributed by atoms with Crippen LogP contribution in [0.1, 0.15) is 11.4 Å². The van der Waals surface area contributed by atoms with E-state index in [0.717, 1.165) is 11.6 Å². The van der Waals surface area contributed by atoms with Gasteiger partial charge in [-0.1, -0.05) is 17.7 Å². The molecule has 0 amide bonds. The standard InChI is InChI=1S/C15H10Cl2F2N2/c1-8-2-3-10(6-11(8)17)21-13-5-9(18)4-12(19)15(13)20-14(21)7-16/h2-6H,7H2,1H3. The number of fused-ring (bicyclic) bond motifs is 1. The van der Waals surface area contributed by atoms with Gasteiger partial charge in [0.05, 0.1) is 11.4 Å². The van der Waals surface area contributed by atoms with Gasteiger partial charge in [-0.25, -0.2) is 13.8 Å². The van der Waals surface area contributed by atoms with Crippen molar-refractivity contribution in [3.05, 3.63) is 58.4 Å². The highest BCUT2D eigenvalue weighted by Gasteiger charge is 2.16. The van der Waals surface area contributed by atoms with Gasteiger partial charge in [0, 0.05) is 22.8 Å². The van der Waals surface area contributed by atoms with Crippen molar-refractivity contribution in [3.63, 3.8) is 0 Å². The van der Waals surface area contributed by atoms with E-state index in [4.69, 9.17) is 23.2 Å². The number of hydrogen-bond acceptors (Lipinski definition) is 1. The number of nitrogens with zero attached hydrogens (tertiary/aromatic N) is 2. The van der Waals surface area contributed by atoms with Crippen LogP contribution in [0.3, 0.4) is 0 Å². The number of aryl methyl sites for hydroxylation is 1. The summed E-state index contributed by atoms with van der Waals surface area (Å²) in [5.41, 5.74) is 1.98. The van der Waals surface area contributed by atoms with Crippen molar-refractivity contribution in [2.45, 2.75) is 12.8 Å². The fraction of sp³-hybridized carbons (Fsp3) is 0.133. The fourth-order valence-electron chi connectivity index (χ4n) is 2.25. The minimum absolute atomic E-state index is 0.0707. The van der Waals surface area contributed by atoms with Crippen LogP contribution in [0, 0.1) is 18.6 Å². The lowest BCUT2D eigenvalue weighted by atomic mass is 10.2. The summed E-state index contributed by atoms with van der Waals surface area (Å²) in [6.07, 6.45) is 0. The van der Waals surface area contributed by atoms with E-state index in [-0.39, 0.29) is 11.4 Å². The smallest absolute Gasteiger partial charge is 0.153 e. The Bertz CT molecular complexity index is 843. The van der Waals surface area contributed by atoms with Crippen molar-refractivity contribution in [1.82, 2.24) is 9.55 Å². The second kappa shape index (κ2) is 5.28. The molecule has 21 heavy (non-hydrogen) atoms. The van der Waals surface area contributed by atoms with Gasteiger partial charge in [0.25, 0.3) is 0 Å². The Kier molecular flexibility index (Phi) is 3.59. The van der Waals surface area contributed by atoms with E-state index in [1.54, 1.807) is 16.7 Å². The Hall–Kier alpha value is -1.65. The number of alkyl halides is 1. The molecule has 1 heterocycles. The summed E-state index contributed by atoms with van der Waals surface area (Å²) in [5.74, 6) is -0.883. The first-order valence-corrected chi connectivity index (χ1v) is 7.11. The van der Waals surface area contributed by atoms with Gasteiger partial charge in [0.2, 0.25) is 0 Å². The summed E-state index contributed by atoms with van der Waals surface area (Å²) >= 11 is 12.0. The van der Waals surface area contributed by atoms with Crippen molar-refractivity contribution in [3.8, 4) is 5.69 Å². The lowest BCUT2D eigenvalue weighted by molar-refractivity contribution is 0.590. The fourth-order valence-corrected chi connectivity index (χ4v) is 2.60. The second-order valence-corrected chi connectivity index (χ2v) is 5.36. The van der Waals surface area contributed by atoms with Crippen molar-refractivity contribution in [2.75, 3.05) is 0 Å². The molecule has 0 saturated heterocycles. The number of halogens is 4. The average molecular weight is 327 g/mol. The van der Waals surface area contributed by atoms with E-state index in [9.17, 15) is 8.78 Å². The Morgan fingerprint density at radius 2 is 1.95 bits per heavy atom. The molecule has 0 fully saturated rings. The minimum atomic E-state index is -0.715. The van der Waals surface area contributed by atoms with Crippen LogP contribution < -0.4 is 0 Å². The molecule has 0 bridgehead atoms. The first-order valence-electron chi connectivity index (χ1n) is 6.20. The Morgan fingerprint density at radius 1 is 1.19 bits per heavy atom. The molecule has 0 radical (unpaired) electrons. The van der Waals surface area contributed by atoms with E-state index >= 15 is 0 Å². The lowest BCUT2D eigenvalue weighted by Crippen LogP contribution is -1.99. The Balaban J connectivity index is 2.36. The molecule has 2 nitrogen and oxygen atoms in total. The van der Waals surface area contributed by atoms with Gasteiger partial charge in [-0.2, -0.15) is 0 Å². The van der Waals surface area contributed by atoms with Crippen LogP contribution in [-0.2, 0) is 5.88 Å². The number of benzene rings is 2. The summed E-state index contributed by atoms with van der Waals surface area (Å²) in [6.45, 7) is 1.87. The summed E-state index contributed by atoms with van der Waals surface area (Å²) in [6, 6.07) is 7.39. The molecule has 0 saturated carbocycles. The van der Waals surface area contributed by atoms with Gasteiger partial charge in [-0.3, -0.25) is 4.57 Å². The zero-order chi connectivity index (χ0) is 15.1. The first kappa shape index (κ1) is 14.3. The van der Waals surface area contributed by atoms with E-state index < -0.39 is 11.6 Å². The highest BCUT2D eigenvalue weighted by Crippen LogP contribution is 2.28. The van der Waals surface area contributed by atoms with Crippen LogP contribution >= 0.6 is 23.2 Å². The van der Waals surface area contributed by atoms with Crippen LogP contribution in [-0.4, -0.2) is 9.55 Å². The SMILES string of the molecule is Cc1ccc(-n2c(CCl)nc3c(F)cc(F)cc32)cc1Cl. The van der Waals surface area contributed by atoms with Crippen LogP contribution in [0.5, 0.6) is 0 Å². The van der Waals surface area contributed by atoms with E-state index in [1.807, 2.05) is 13.0 Å². The van der Waals surface area contributed by atoms with Crippen LogP contribution in [0.15, 0.2) is 30.3 Å². The molecule has 0 aliphatic heterocycles. The van der Waals surface area contributed by atoms with E-state index in [0.29, 0.717) is 22.1 Å². The molecule has 0 spiro atoms. The molecule has 3 rings (SSSR count). The maximum Gasteiger partial charge on any atom is 0.153 e. The summed E-state index contributed by atoms with van der Waals surface area (Å²) < 4.78 is 29.0. The molecule has 0 N–H and O–H groups in total. The third-order valence-corrected chi connectivity index (χ3v) is 3.93. The number of imidazole rings is 1. The second-order valence-electron chi connectivity index (χ2n) is 4.69. The number of hydrogen-bond donors (Lipinski definition) is 0. The molecule has 3 aromatic rings. The zero-order valence-electron chi connectivity index (χ0n) is 11.0. The van der Waals surface area contributed by atoms with Crippen LogP contribution in [0.25, 0.3) is 16.7 Å². The van der Waals surface area contributed by atoms with Gasteiger partial charge >= 0.3 is 0 Å². The quantitative estimate of drug-likeness (QED) is 0.605. The Morgan fingerprint density at radius 3 is 2.62 bits per heavy atom. The molecule has 0 atom stereocenters. The lowest BCUT2D eigenvalue weighted by Gasteiger charge is -2.09. The van der Waals surface area contributed by atoms with E-state index in [2.05, 4.69) is 4.98 Å². The predicted molar refractivity (Wildman–Crippen MR) is 80.3 cm³/mol. The number of rotatable bonds is 2. The monoisotopic (exact) mass is 326 g/mol. The van der Waals surface area contributed by atoms with Crippen molar-refractivity contribution in [1.29, 1.82) is 0 Å². The normalized spacial score (nSPS) is 11.3. The topological polar surface area (TPSA) is 17.8 Å². The third-order valence-electron chi connectivity index (χ3n) is 3.28. The molecule has 0 aliphatic rings. The first-order chi connectivity index (χ1) is 10.0. The van der Waals surface area contributed by atoms with Crippen LogP contribution in [0.2, 0.25) is 5.02 Å². The Labute approximate surface area is 129 Å². The van der Waals surface area contributed by atoms with Gasteiger partial charge in [-0.15, -0.1) is 11.6 Å². The third kappa shape index (κ3) is 2.39. The van der Waals surface area contributed by atoms with Gasteiger partial charge in [0.15, 0.2) is 5.82 Å². The molecule has 6 heteroatoms. The molecule has 0 unspecified atom stereocenters. The number of aromatic nitrogens is 2. The van der Waals surface area contributed by atoms with Gasteiger partial charge in [0.1, 0.15) is 17.2 Å².